The molecule has 0 bridgehead atoms. The summed E-state index contributed by atoms with van der Waals surface area (Å²) in [6.45, 7) is 1.87. The Morgan fingerprint density at radius 1 is 1.19 bits per heavy atom. The summed E-state index contributed by atoms with van der Waals surface area (Å²) in [7, 11) is -0.673. The summed E-state index contributed by atoms with van der Waals surface area (Å²) >= 11 is 1.32. The van der Waals surface area contributed by atoms with E-state index in [1.807, 2.05) is 13.0 Å². The smallest absolute Gasteiger partial charge is 0.262 e. The normalized spacial score (nSPS) is 13.3. The molecule has 2 heterocycles. The highest BCUT2D eigenvalue weighted by molar-refractivity contribution is 7.89. The second kappa shape index (κ2) is 8.34. The molecule has 1 aliphatic rings. The van der Waals surface area contributed by atoms with Crippen molar-refractivity contribution in [2.75, 3.05) is 31.3 Å². The van der Waals surface area contributed by atoms with Gasteiger partial charge in [-0.2, -0.15) is 0 Å². The number of nitrogens with one attached hydrogen (secondary N) is 2. The van der Waals surface area contributed by atoms with Gasteiger partial charge in [0.05, 0.1) is 16.3 Å². The molecule has 0 saturated heterocycles. The summed E-state index contributed by atoms with van der Waals surface area (Å²) < 4.78 is 30.8. The van der Waals surface area contributed by atoms with Gasteiger partial charge in [0, 0.05) is 30.1 Å². The van der Waals surface area contributed by atoms with Crippen molar-refractivity contribution in [2.45, 2.75) is 11.8 Å². The van der Waals surface area contributed by atoms with Crippen molar-refractivity contribution >= 4 is 44.0 Å². The van der Waals surface area contributed by atoms with E-state index >= 15 is 0 Å². The molecule has 0 aliphatic carbocycles. The molecule has 0 radical (unpaired) electrons. The quantitative estimate of drug-likeness (QED) is 0.590. The average Bonchev–Trinajstić information content (AvgIpc) is 3.13. The van der Waals surface area contributed by atoms with Crippen LogP contribution in [-0.4, -0.2) is 50.2 Å². The lowest BCUT2D eigenvalue weighted by atomic mass is 10.1. The minimum atomic E-state index is -3.57. The number of hydrogen-bond donors (Lipinski definition) is 2. The number of aryl methyl sites for hydroxylation is 1. The maximum atomic E-state index is 12.6. The number of amides is 2. The van der Waals surface area contributed by atoms with Crippen LogP contribution in [0.4, 0.5) is 10.8 Å². The summed E-state index contributed by atoms with van der Waals surface area (Å²) in [5, 5.41) is 5.93. The second-order valence-corrected chi connectivity index (χ2v) is 10.6. The molecule has 0 spiro atoms. The summed E-state index contributed by atoms with van der Waals surface area (Å²) in [5.74, 6) is -0.0262. The standard InChI is InChI=1S/C21H20N4O5S2/c1-12-19(14-6-9-17-16(10-14)22-18(26)11-30-17)23-21(31-12)24-20(27)13-4-7-15(8-5-13)32(28,29)25(2)3/h4-10H,11H2,1-3H3,(H,22,26)(H,23,24,27). The molecule has 9 nitrogen and oxygen atoms in total. The molecule has 0 saturated carbocycles. The Balaban J connectivity index is 1.53. The van der Waals surface area contributed by atoms with Gasteiger partial charge in [0.25, 0.3) is 11.8 Å². The van der Waals surface area contributed by atoms with Gasteiger partial charge in [0.2, 0.25) is 10.0 Å². The number of ether oxygens (including phenoxy) is 1. The van der Waals surface area contributed by atoms with Crippen LogP contribution in [0.25, 0.3) is 11.3 Å². The second-order valence-electron chi connectivity index (χ2n) is 7.24. The molecular weight excluding hydrogens is 452 g/mol. The van der Waals surface area contributed by atoms with E-state index in [0.717, 1.165) is 14.7 Å². The highest BCUT2D eigenvalue weighted by Gasteiger charge is 2.20. The zero-order valence-electron chi connectivity index (χ0n) is 17.5. The molecule has 0 unspecified atom stereocenters. The molecule has 11 heteroatoms. The highest BCUT2D eigenvalue weighted by Crippen LogP contribution is 2.36. The van der Waals surface area contributed by atoms with Gasteiger partial charge in [-0.15, -0.1) is 11.3 Å². The van der Waals surface area contributed by atoms with E-state index in [-0.39, 0.29) is 17.4 Å². The van der Waals surface area contributed by atoms with Crippen molar-refractivity contribution < 1.29 is 22.7 Å². The number of hydrogen-bond acceptors (Lipinski definition) is 7. The predicted molar refractivity (Wildman–Crippen MR) is 122 cm³/mol. The zero-order valence-corrected chi connectivity index (χ0v) is 19.1. The summed E-state index contributed by atoms with van der Waals surface area (Å²) in [6.07, 6.45) is 0. The first-order chi connectivity index (χ1) is 15.1. The van der Waals surface area contributed by atoms with Crippen LogP contribution in [-0.2, 0) is 14.8 Å². The Morgan fingerprint density at radius 2 is 1.91 bits per heavy atom. The number of fused-ring (bicyclic) bond motifs is 1. The molecule has 32 heavy (non-hydrogen) atoms. The maximum Gasteiger partial charge on any atom is 0.262 e. The molecular formula is C21H20N4O5S2. The van der Waals surface area contributed by atoms with E-state index in [2.05, 4.69) is 15.6 Å². The van der Waals surface area contributed by atoms with Gasteiger partial charge >= 0.3 is 0 Å². The van der Waals surface area contributed by atoms with Crippen LogP contribution in [0.1, 0.15) is 15.2 Å². The molecule has 4 rings (SSSR count). The fourth-order valence-corrected chi connectivity index (χ4v) is 4.84. The van der Waals surface area contributed by atoms with Gasteiger partial charge < -0.3 is 10.1 Å². The summed E-state index contributed by atoms with van der Waals surface area (Å²) in [6, 6.07) is 11.1. The van der Waals surface area contributed by atoms with Crippen molar-refractivity contribution in [2.24, 2.45) is 0 Å². The van der Waals surface area contributed by atoms with Crippen molar-refractivity contribution in [1.29, 1.82) is 0 Å². The van der Waals surface area contributed by atoms with Crippen molar-refractivity contribution in [3.63, 3.8) is 0 Å². The lowest BCUT2D eigenvalue weighted by Gasteiger charge is -2.18. The molecule has 1 aromatic heterocycles. The Bertz CT molecular complexity index is 1310. The maximum absolute atomic E-state index is 12.6. The number of aromatic nitrogens is 1. The lowest BCUT2D eigenvalue weighted by molar-refractivity contribution is -0.118. The van der Waals surface area contributed by atoms with Gasteiger partial charge in [0.15, 0.2) is 11.7 Å². The predicted octanol–water partition coefficient (Wildman–Crippen LogP) is 2.95. The largest absolute Gasteiger partial charge is 0.482 e. The number of sulfonamides is 1. The average molecular weight is 473 g/mol. The van der Waals surface area contributed by atoms with E-state index < -0.39 is 15.9 Å². The number of anilines is 2. The van der Waals surface area contributed by atoms with Gasteiger partial charge in [0.1, 0.15) is 5.75 Å². The number of carbonyl (C=O) groups excluding carboxylic acids is 2. The third kappa shape index (κ3) is 4.22. The van der Waals surface area contributed by atoms with Gasteiger partial charge in [-0.3, -0.25) is 14.9 Å². The molecule has 3 aromatic rings. The number of thiazole rings is 1. The molecule has 2 N–H and O–H groups in total. The first kappa shape index (κ1) is 21.9. The summed E-state index contributed by atoms with van der Waals surface area (Å²) in [5.41, 5.74) is 2.35. The SMILES string of the molecule is Cc1sc(NC(=O)c2ccc(S(=O)(=O)N(C)C)cc2)nc1-c1ccc2c(c1)NC(=O)CO2. The molecule has 1 aliphatic heterocycles. The van der Waals surface area contributed by atoms with Crippen LogP contribution >= 0.6 is 11.3 Å². The first-order valence-electron chi connectivity index (χ1n) is 9.53. The fraction of sp³-hybridized carbons (Fsp3) is 0.190. The third-order valence-corrected chi connectivity index (χ3v) is 7.51. The van der Waals surface area contributed by atoms with Crippen LogP contribution in [0.5, 0.6) is 5.75 Å². The van der Waals surface area contributed by atoms with Crippen LogP contribution in [0.15, 0.2) is 47.4 Å². The molecule has 0 atom stereocenters. The number of nitrogens with zero attached hydrogens (tertiary/aromatic N) is 2. The Labute approximate surface area is 189 Å². The van der Waals surface area contributed by atoms with Crippen molar-refractivity contribution in [3.05, 3.63) is 52.9 Å². The monoisotopic (exact) mass is 472 g/mol. The van der Waals surface area contributed by atoms with E-state index in [4.69, 9.17) is 4.74 Å². The minimum absolute atomic E-state index is 0.0136. The fourth-order valence-electron chi connectivity index (χ4n) is 3.11. The van der Waals surface area contributed by atoms with Gasteiger partial charge in [-0.05, 0) is 49.4 Å². The lowest BCUT2D eigenvalue weighted by Crippen LogP contribution is -2.25. The third-order valence-electron chi connectivity index (χ3n) is 4.80. The molecule has 166 valence electrons. The van der Waals surface area contributed by atoms with Crippen molar-refractivity contribution in [1.82, 2.24) is 9.29 Å². The number of rotatable bonds is 5. The van der Waals surface area contributed by atoms with Crippen LogP contribution in [0.2, 0.25) is 0 Å². The zero-order chi connectivity index (χ0) is 23.0. The van der Waals surface area contributed by atoms with Crippen LogP contribution in [0.3, 0.4) is 0 Å². The van der Waals surface area contributed by atoms with Crippen LogP contribution in [0, 0.1) is 6.92 Å². The first-order valence-corrected chi connectivity index (χ1v) is 11.8. The molecule has 2 amide bonds. The van der Waals surface area contributed by atoms with Gasteiger partial charge in [-0.1, -0.05) is 0 Å². The number of carbonyl (C=O) groups is 2. The Morgan fingerprint density at radius 3 is 2.59 bits per heavy atom. The molecule has 2 aromatic carbocycles. The number of benzene rings is 2. The highest BCUT2D eigenvalue weighted by atomic mass is 32.2. The Kier molecular flexibility index (Phi) is 5.71. The van der Waals surface area contributed by atoms with E-state index in [9.17, 15) is 18.0 Å². The molecule has 0 fully saturated rings. The van der Waals surface area contributed by atoms with Crippen molar-refractivity contribution in [3.8, 4) is 17.0 Å². The van der Waals surface area contributed by atoms with Crippen LogP contribution < -0.4 is 15.4 Å². The van der Waals surface area contributed by atoms with E-state index in [1.54, 1.807) is 12.1 Å². The van der Waals surface area contributed by atoms with E-state index in [1.165, 1.54) is 49.7 Å². The summed E-state index contributed by atoms with van der Waals surface area (Å²) in [4.78, 5) is 29.7. The van der Waals surface area contributed by atoms with E-state index in [0.29, 0.717) is 27.8 Å². The minimum Gasteiger partial charge on any atom is -0.482 e. The van der Waals surface area contributed by atoms with Gasteiger partial charge in [-0.25, -0.2) is 17.7 Å². The Hall–Kier alpha value is -3.28. The topological polar surface area (TPSA) is 118 Å².